The second-order valence-corrected chi connectivity index (χ2v) is 9.98. The van der Waals surface area contributed by atoms with Crippen LogP contribution in [-0.2, 0) is 5.41 Å². The number of hydrogen-bond acceptors (Lipinski definition) is 6. The Kier molecular flexibility index (Phi) is 4.42. The molecule has 3 aromatic heterocycles. The first-order chi connectivity index (χ1) is 15.6. The number of aryl methyl sites for hydroxylation is 1. The molecular formula is C25H27N5O2. The van der Waals surface area contributed by atoms with Crippen LogP contribution in [0.1, 0.15) is 67.0 Å². The first-order valence-electron chi connectivity index (χ1n) is 11.6. The van der Waals surface area contributed by atoms with Crippen molar-refractivity contribution in [1.82, 2.24) is 25.5 Å². The molecule has 0 aromatic carbocycles. The second-order valence-electron chi connectivity index (χ2n) is 9.98. The van der Waals surface area contributed by atoms with E-state index >= 15 is 0 Å². The molecule has 0 saturated heterocycles. The minimum absolute atomic E-state index is 0.0799. The quantitative estimate of drug-likeness (QED) is 0.666. The summed E-state index contributed by atoms with van der Waals surface area (Å²) in [4.78, 5) is 21.7. The smallest absolute Gasteiger partial charge is 0.270 e. The highest BCUT2D eigenvalue weighted by Crippen LogP contribution is 2.62. The highest BCUT2D eigenvalue weighted by Gasteiger charge is 2.62. The van der Waals surface area contributed by atoms with Crippen LogP contribution in [0.2, 0.25) is 0 Å². The number of amides is 1. The standard InChI is InChI=1S/C25H27N5O2/c1-16-7-8-18(14-27-16)22-29-30-23(32-22)24-12-17-5-4-9-25(15-24,19(11-17)13-24)28-21(31)20-6-2-3-10-26-20/h2-3,6-8,10,14,17,19H,4-5,9,11-13,15H2,1H3,(H,28,31). The Bertz CT molecular complexity index is 1140. The van der Waals surface area contributed by atoms with Crippen molar-refractivity contribution < 1.29 is 9.21 Å². The summed E-state index contributed by atoms with van der Waals surface area (Å²) >= 11 is 0. The van der Waals surface area contributed by atoms with Crippen LogP contribution in [0.4, 0.5) is 0 Å². The van der Waals surface area contributed by atoms with Gasteiger partial charge >= 0.3 is 0 Å². The number of rotatable bonds is 4. The Morgan fingerprint density at radius 3 is 2.91 bits per heavy atom. The zero-order valence-electron chi connectivity index (χ0n) is 18.3. The Morgan fingerprint density at radius 1 is 1.16 bits per heavy atom. The molecule has 6 rings (SSSR count). The van der Waals surface area contributed by atoms with Gasteiger partial charge in [0.05, 0.1) is 11.0 Å². The van der Waals surface area contributed by atoms with Gasteiger partial charge in [-0.25, -0.2) is 0 Å². The number of nitrogens with zero attached hydrogens (tertiary/aromatic N) is 4. The summed E-state index contributed by atoms with van der Waals surface area (Å²) in [5, 5.41) is 12.4. The summed E-state index contributed by atoms with van der Waals surface area (Å²) in [6.07, 6.45) is 10.8. The van der Waals surface area contributed by atoms with E-state index in [1.807, 2.05) is 31.2 Å². The molecule has 3 bridgehead atoms. The SMILES string of the molecule is Cc1ccc(-c2nnc(C34CC5CCCC(NC(=O)c6ccccn6)(C3)C(C5)C4)o2)cn1. The van der Waals surface area contributed by atoms with Gasteiger partial charge in [-0.1, -0.05) is 18.9 Å². The van der Waals surface area contributed by atoms with Crippen molar-refractivity contribution in [1.29, 1.82) is 0 Å². The molecule has 32 heavy (non-hydrogen) atoms. The maximum Gasteiger partial charge on any atom is 0.270 e. The summed E-state index contributed by atoms with van der Waals surface area (Å²) in [6.45, 7) is 1.96. The first kappa shape index (κ1) is 19.6. The van der Waals surface area contributed by atoms with Crippen molar-refractivity contribution in [3.05, 3.63) is 60.0 Å². The highest BCUT2D eigenvalue weighted by atomic mass is 16.4. The average molecular weight is 430 g/mol. The molecule has 7 heteroatoms. The van der Waals surface area contributed by atoms with Crippen molar-refractivity contribution in [3.8, 4) is 11.5 Å². The van der Waals surface area contributed by atoms with Gasteiger partial charge in [0.25, 0.3) is 5.91 Å². The molecule has 1 N–H and O–H groups in total. The lowest BCUT2D eigenvalue weighted by Gasteiger charge is -2.35. The lowest BCUT2D eigenvalue weighted by atomic mass is 9.69. The van der Waals surface area contributed by atoms with Gasteiger partial charge in [-0.3, -0.25) is 14.8 Å². The van der Waals surface area contributed by atoms with Gasteiger partial charge in [-0.2, -0.15) is 0 Å². The number of aromatic nitrogens is 4. The molecule has 3 aliphatic rings. The molecule has 164 valence electrons. The van der Waals surface area contributed by atoms with Crippen molar-refractivity contribution >= 4 is 5.91 Å². The van der Waals surface area contributed by atoms with Gasteiger partial charge < -0.3 is 9.73 Å². The molecule has 1 amide bonds. The number of carbonyl (C=O) groups is 1. The fraction of sp³-hybridized carbons (Fsp3) is 0.480. The van der Waals surface area contributed by atoms with E-state index in [9.17, 15) is 4.79 Å². The third-order valence-electron chi connectivity index (χ3n) is 7.90. The fourth-order valence-corrected chi connectivity index (χ4v) is 6.60. The van der Waals surface area contributed by atoms with Gasteiger partial charge in [0.15, 0.2) is 0 Å². The van der Waals surface area contributed by atoms with E-state index in [4.69, 9.17) is 4.42 Å². The topological polar surface area (TPSA) is 93.8 Å². The highest BCUT2D eigenvalue weighted by molar-refractivity contribution is 5.92. The lowest BCUT2D eigenvalue weighted by Crippen LogP contribution is -2.51. The van der Waals surface area contributed by atoms with E-state index in [0.29, 0.717) is 23.4 Å². The first-order valence-corrected chi connectivity index (χ1v) is 11.6. The van der Waals surface area contributed by atoms with Crippen molar-refractivity contribution in [2.45, 2.75) is 62.8 Å². The molecule has 3 saturated carbocycles. The molecular weight excluding hydrogens is 402 g/mol. The molecule has 3 aromatic rings. The van der Waals surface area contributed by atoms with Gasteiger partial charge in [0.1, 0.15) is 5.69 Å². The molecule has 3 aliphatic carbocycles. The number of carbonyl (C=O) groups excluding carboxylic acids is 1. The summed E-state index contributed by atoms with van der Waals surface area (Å²) < 4.78 is 6.28. The van der Waals surface area contributed by atoms with Crippen LogP contribution in [0.15, 0.2) is 47.1 Å². The largest absolute Gasteiger partial charge is 0.420 e. The van der Waals surface area contributed by atoms with Crippen molar-refractivity contribution in [2.75, 3.05) is 0 Å². The Balaban J connectivity index is 1.33. The number of pyridine rings is 2. The van der Waals surface area contributed by atoms with Crippen LogP contribution >= 0.6 is 0 Å². The molecule has 7 nitrogen and oxygen atoms in total. The molecule has 4 atom stereocenters. The van der Waals surface area contributed by atoms with Gasteiger partial charge in [-0.15, -0.1) is 10.2 Å². The number of fused-ring (bicyclic) bond motifs is 2. The summed E-state index contributed by atoms with van der Waals surface area (Å²) in [5.74, 6) is 2.23. The minimum atomic E-state index is -0.236. The molecule has 4 unspecified atom stereocenters. The van der Waals surface area contributed by atoms with E-state index in [1.165, 1.54) is 6.42 Å². The minimum Gasteiger partial charge on any atom is -0.420 e. The van der Waals surface area contributed by atoms with Gasteiger partial charge in [-0.05, 0) is 75.1 Å². The third kappa shape index (κ3) is 3.14. The van der Waals surface area contributed by atoms with Crippen LogP contribution in [-0.4, -0.2) is 31.6 Å². The number of hydrogen-bond donors (Lipinski definition) is 1. The lowest BCUT2D eigenvalue weighted by molar-refractivity contribution is 0.0856. The van der Waals surface area contributed by atoms with Crippen molar-refractivity contribution in [2.24, 2.45) is 11.8 Å². The van der Waals surface area contributed by atoms with Crippen LogP contribution in [0, 0.1) is 18.8 Å². The summed E-state index contributed by atoms with van der Waals surface area (Å²) in [6, 6.07) is 9.40. The molecule has 0 spiro atoms. The monoisotopic (exact) mass is 429 g/mol. The zero-order valence-corrected chi connectivity index (χ0v) is 18.3. The maximum absolute atomic E-state index is 13.1. The maximum atomic E-state index is 13.1. The molecule has 3 fully saturated rings. The Morgan fingerprint density at radius 2 is 2.09 bits per heavy atom. The van der Waals surface area contributed by atoms with E-state index in [0.717, 1.165) is 55.7 Å². The average Bonchev–Trinajstić information content (AvgIpc) is 3.34. The van der Waals surface area contributed by atoms with Gasteiger partial charge in [0, 0.05) is 23.6 Å². The predicted molar refractivity (Wildman–Crippen MR) is 118 cm³/mol. The van der Waals surface area contributed by atoms with E-state index in [2.05, 4.69) is 25.5 Å². The van der Waals surface area contributed by atoms with Gasteiger partial charge in [0.2, 0.25) is 11.8 Å². The number of nitrogens with one attached hydrogen (secondary N) is 1. The summed E-state index contributed by atoms with van der Waals surface area (Å²) in [7, 11) is 0. The third-order valence-corrected chi connectivity index (χ3v) is 7.90. The molecule has 0 radical (unpaired) electrons. The molecule has 3 heterocycles. The van der Waals surface area contributed by atoms with E-state index in [1.54, 1.807) is 18.5 Å². The van der Waals surface area contributed by atoms with E-state index in [-0.39, 0.29) is 16.9 Å². The van der Waals surface area contributed by atoms with Crippen LogP contribution in [0.5, 0.6) is 0 Å². The van der Waals surface area contributed by atoms with E-state index < -0.39 is 0 Å². The summed E-state index contributed by atoms with van der Waals surface area (Å²) in [5.41, 5.74) is 1.87. The predicted octanol–water partition coefficient (Wildman–Crippen LogP) is 4.25. The second kappa shape index (κ2) is 7.22. The molecule has 0 aliphatic heterocycles. The zero-order chi connectivity index (χ0) is 21.8. The van der Waals surface area contributed by atoms with Crippen molar-refractivity contribution in [3.63, 3.8) is 0 Å². The van der Waals surface area contributed by atoms with Crippen LogP contribution in [0.25, 0.3) is 11.5 Å². The normalized spacial score (nSPS) is 30.8. The van der Waals surface area contributed by atoms with Crippen LogP contribution < -0.4 is 5.32 Å². The fourth-order valence-electron chi connectivity index (χ4n) is 6.60. The Hall–Kier alpha value is -3.09. The van der Waals surface area contributed by atoms with Crippen LogP contribution in [0.3, 0.4) is 0 Å². The Labute approximate surface area is 187 Å².